The van der Waals surface area contributed by atoms with Gasteiger partial charge < -0.3 is 15.8 Å². The van der Waals surface area contributed by atoms with Crippen molar-refractivity contribution in [2.24, 2.45) is 4.99 Å². The predicted molar refractivity (Wildman–Crippen MR) is 76.4 cm³/mol. The Balaban J connectivity index is 1.88. The van der Waals surface area contributed by atoms with Crippen molar-refractivity contribution in [1.82, 2.24) is 0 Å². The van der Waals surface area contributed by atoms with Gasteiger partial charge in [0.2, 0.25) is 0 Å². The molecule has 98 valence electrons. The molecular formula is C14H21N3O. The van der Waals surface area contributed by atoms with Crippen molar-refractivity contribution in [2.45, 2.75) is 32.6 Å². The van der Waals surface area contributed by atoms with Crippen LogP contribution in [0.15, 0.2) is 23.2 Å². The van der Waals surface area contributed by atoms with Crippen molar-refractivity contribution in [3.05, 3.63) is 18.2 Å². The average Bonchev–Trinajstić information content (AvgIpc) is 2.38. The predicted octanol–water partition coefficient (Wildman–Crippen LogP) is 3.05. The second kappa shape index (κ2) is 6.28. The zero-order chi connectivity index (χ0) is 12.8. The number of hydrogen-bond donors (Lipinski definition) is 2. The van der Waals surface area contributed by atoms with Crippen molar-refractivity contribution < 1.29 is 4.74 Å². The molecule has 1 aromatic rings. The second-order valence-corrected chi connectivity index (χ2v) is 4.56. The van der Waals surface area contributed by atoms with Crippen molar-refractivity contribution in [2.75, 3.05) is 24.2 Å². The Labute approximate surface area is 108 Å². The summed E-state index contributed by atoms with van der Waals surface area (Å²) in [5, 5.41) is 3.27. The summed E-state index contributed by atoms with van der Waals surface area (Å²) < 4.78 is 5.62. The monoisotopic (exact) mass is 247 g/mol. The van der Waals surface area contributed by atoms with Crippen LogP contribution in [-0.2, 0) is 0 Å². The van der Waals surface area contributed by atoms with E-state index in [2.05, 4.69) is 17.2 Å². The van der Waals surface area contributed by atoms with Gasteiger partial charge >= 0.3 is 0 Å². The lowest BCUT2D eigenvalue weighted by Crippen LogP contribution is -2.26. The molecule has 0 saturated heterocycles. The van der Waals surface area contributed by atoms with E-state index in [0.717, 1.165) is 35.9 Å². The highest BCUT2D eigenvalue weighted by Crippen LogP contribution is 2.29. The SMILES string of the molecule is CCCCCCN=C1COc2ccc(N)cc2N1. The number of nitrogen functional groups attached to an aromatic ring is 1. The normalized spacial score (nSPS) is 15.9. The molecule has 0 radical (unpaired) electrons. The van der Waals surface area contributed by atoms with E-state index in [1.807, 2.05) is 18.2 Å². The maximum atomic E-state index is 5.75. The fourth-order valence-electron chi connectivity index (χ4n) is 1.95. The zero-order valence-corrected chi connectivity index (χ0v) is 10.9. The Morgan fingerprint density at radius 3 is 3.06 bits per heavy atom. The lowest BCUT2D eigenvalue weighted by Gasteiger charge is -2.21. The fraction of sp³-hybridized carbons (Fsp3) is 0.500. The topological polar surface area (TPSA) is 59.6 Å². The van der Waals surface area contributed by atoms with Crippen LogP contribution < -0.4 is 15.8 Å². The van der Waals surface area contributed by atoms with E-state index < -0.39 is 0 Å². The van der Waals surface area contributed by atoms with E-state index in [-0.39, 0.29) is 0 Å². The molecule has 1 aromatic carbocycles. The number of unbranched alkanes of at least 4 members (excludes halogenated alkanes) is 3. The Morgan fingerprint density at radius 1 is 1.33 bits per heavy atom. The Morgan fingerprint density at radius 2 is 2.22 bits per heavy atom. The summed E-state index contributed by atoms with van der Waals surface area (Å²) in [4.78, 5) is 4.52. The number of amidine groups is 1. The number of nitrogens with one attached hydrogen (secondary N) is 1. The highest BCUT2D eigenvalue weighted by molar-refractivity contribution is 5.99. The molecular weight excluding hydrogens is 226 g/mol. The molecule has 4 heteroatoms. The van der Waals surface area contributed by atoms with Crippen LogP contribution in [0.25, 0.3) is 0 Å². The minimum atomic E-state index is 0.519. The van der Waals surface area contributed by atoms with Crippen LogP contribution in [0.5, 0.6) is 5.75 Å². The lowest BCUT2D eigenvalue weighted by molar-refractivity contribution is 0.372. The van der Waals surface area contributed by atoms with Gasteiger partial charge in [0, 0.05) is 12.2 Å². The maximum absolute atomic E-state index is 5.75. The number of benzene rings is 1. The molecule has 0 amide bonds. The molecule has 0 fully saturated rings. The van der Waals surface area contributed by atoms with Crippen LogP contribution in [0.4, 0.5) is 11.4 Å². The number of rotatable bonds is 5. The first-order chi connectivity index (χ1) is 8.79. The van der Waals surface area contributed by atoms with Gasteiger partial charge in [-0.25, -0.2) is 0 Å². The Bertz CT molecular complexity index is 429. The molecule has 0 aliphatic carbocycles. The van der Waals surface area contributed by atoms with Gasteiger partial charge in [0.1, 0.15) is 18.2 Å². The number of ether oxygens (including phenoxy) is 1. The summed E-state index contributed by atoms with van der Waals surface area (Å²) in [6.45, 7) is 3.60. The van der Waals surface area contributed by atoms with E-state index in [0.29, 0.717) is 6.61 Å². The number of fused-ring (bicyclic) bond motifs is 1. The van der Waals surface area contributed by atoms with Gasteiger partial charge in [0.05, 0.1) is 5.69 Å². The summed E-state index contributed by atoms with van der Waals surface area (Å²) in [5.74, 6) is 1.73. The van der Waals surface area contributed by atoms with Crippen molar-refractivity contribution >= 4 is 17.2 Å². The van der Waals surface area contributed by atoms with Gasteiger partial charge in [-0.2, -0.15) is 0 Å². The molecule has 2 rings (SSSR count). The minimum Gasteiger partial charge on any atom is -0.484 e. The minimum absolute atomic E-state index is 0.519. The molecule has 1 aliphatic rings. The van der Waals surface area contributed by atoms with Crippen molar-refractivity contribution in [3.8, 4) is 5.75 Å². The summed E-state index contributed by atoms with van der Waals surface area (Å²) in [6.07, 6.45) is 4.93. The van der Waals surface area contributed by atoms with E-state index in [4.69, 9.17) is 10.5 Å². The molecule has 18 heavy (non-hydrogen) atoms. The number of nitrogens with zero attached hydrogens (tertiary/aromatic N) is 1. The molecule has 0 bridgehead atoms. The summed E-state index contributed by atoms with van der Waals surface area (Å²) >= 11 is 0. The molecule has 0 unspecified atom stereocenters. The van der Waals surface area contributed by atoms with Gasteiger partial charge in [-0.3, -0.25) is 4.99 Å². The van der Waals surface area contributed by atoms with Gasteiger partial charge in [-0.1, -0.05) is 26.2 Å². The third kappa shape index (κ3) is 3.39. The van der Waals surface area contributed by atoms with Crippen LogP contribution in [0.3, 0.4) is 0 Å². The van der Waals surface area contributed by atoms with Crippen LogP contribution in [-0.4, -0.2) is 19.0 Å². The molecule has 0 spiro atoms. The number of nitrogens with two attached hydrogens (primary N) is 1. The zero-order valence-electron chi connectivity index (χ0n) is 10.9. The molecule has 4 nitrogen and oxygen atoms in total. The van der Waals surface area contributed by atoms with Crippen molar-refractivity contribution in [3.63, 3.8) is 0 Å². The fourth-order valence-corrected chi connectivity index (χ4v) is 1.95. The van der Waals surface area contributed by atoms with Gasteiger partial charge in [0.15, 0.2) is 0 Å². The quantitative estimate of drug-likeness (QED) is 0.621. The highest BCUT2D eigenvalue weighted by atomic mass is 16.5. The Hall–Kier alpha value is -1.71. The number of hydrogen-bond acceptors (Lipinski definition) is 3. The van der Waals surface area contributed by atoms with Crippen molar-refractivity contribution in [1.29, 1.82) is 0 Å². The summed E-state index contributed by atoms with van der Waals surface area (Å²) in [7, 11) is 0. The summed E-state index contributed by atoms with van der Waals surface area (Å²) in [6, 6.07) is 5.60. The van der Waals surface area contributed by atoms with Gasteiger partial charge in [-0.05, 0) is 24.6 Å². The first-order valence-electron chi connectivity index (χ1n) is 6.62. The third-order valence-electron chi connectivity index (χ3n) is 2.96. The molecule has 0 saturated carbocycles. The van der Waals surface area contributed by atoms with Gasteiger partial charge in [-0.15, -0.1) is 0 Å². The molecule has 0 atom stereocenters. The smallest absolute Gasteiger partial charge is 0.145 e. The molecule has 0 aromatic heterocycles. The lowest BCUT2D eigenvalue weighted by atomic mass is 10.2. The van der Waals surface area contributed by atoms with E-state index in [1.165, 1.54) is 19.3 Å². The van der Waals surface area contributed by atoms with Crippen LogP contribution in [0, 0.1) is 0 Å². The van der Waals surface area contributed by atoms with E-state index >= 15 is 0 Å². The Kier molecular flexibility index (Phi) is 4.45. The largest absolute Gasteiger partial charge is 0.484 e. The van der Waals surface area contributed by atoms with E-state index in [1.54, 1.807) is 0 Å². The van der Waals surface area contributed by atoms with Gasteiger partial charge in [0.25, 0.3) is 0 Å². The first-order valence-corrected chi connectivity index (χ1v) is 6.62. The molecule has 1 heterocycles. The first kappa shape index (κ1) is 12.7. The van der Waals surface area contributed by atoms with Crippen LogP contribution in [0.1, 0.15) is 32.6 Å². The van der Waals surface area contributed by atoms with E-state index in [9.17, 15) is 0 Å². The maximum Gasteiger partial charge on any atom is 0.145 e. The molecule has 3 N–H and O–H groups in total. The van der Waals surface area contributed by atoms with Crippen LogP contribution >= 0.6 is 0 Å². The van der Waals surface area contributed by atoms with Crippen LogP contribution in [0.2, 0.25) is 0 Å². The standard InChI is InChI=1S/C14H21N3O/c1-2-3-4-5-8-16-14-10-18-13-7-6-11(15)9-12(13)17-14/h6-7,9H,2-5,8,10,15H2,1H3,(H,16,17). The second-order valence-electron chi connectivity index (χ2n) is 4.56. The number of anilines is 2. The third-order valence-corrected chi connectivity index (χ3v) is 2.96. The number of aliphatic imine (C=N–C) groups is 1. The molecule has 1 aliphatic heterocycles. The average molecular weight is 247 g/mol. The highest BCUT2D eigenvalue weighted by Gasteiger charge is 2.13. The summed E-state index contributed by atoms with van der Waals surface area (Å²) in [5.41, 5.74) is 7.39.